The summed E-state index contributed by atoms with van der Waals surface area (Å²) < 4.78 is 27.5. The SMILES string of the molecule is Fc1ccc(-c2cc3ccc4ccc5cc(-c6ccc(F)cc6)c6ccccc6c5c4c3c3ccccc23)cc1. The lowest BCUT2D eigenvalue weighted by molar-refractivity contribution is 0.627. The van der Waals surface area contributed by atoms with Crippen LogP contribution in [0.2, 0.25) is 0 Å². The summed E-state index contributed by atoms with van der Waals surface area (Å²) in [5, 5.41) is 11.7. The van der Waals surface area contributed by atoms with Crippen LogP contribution in [0.4, 0.5) is 8.78 Å². The fourth-order valence-electron chi connectivity index (χ4n) is 6.35. The summed E-state index contributed by atoms with van der Waals surface area (Å²) in [7, 11) is 0. The van der Waals surface area contributed by atoms with Gasteiger partial charge in [0.2, 0.25) is 0 Å². The molecule has 0 saturated heterocycles. The van der Waals surface area contributed by atoms with Gasteiger partial charge in [-0.05, 0) is 113 Å². The summed E-state index contributed by atoms with van der Waals surface area (Å²) in [6, 6.07) is 43.7. The van der Waals surface area contributed by atoms with Crippen molar-refractivity contribution in [3.8, 4) is 22.3 Å². The molecule has 40 heavy (non-hydrogen) atoms. The Morgan fingerprint density at radius 3 is 1.12 bits per heavy atom. The monoisotopic (exact) mass is 516 g/mol. The first-order chi connectivity index (χ1) is 19.7. The largest absolute Gasteiger partial charge is 0.207 e. The second kappa shape index (κ2) is 8.72. The van der Waals surface area contributed by atoms with Crippen LogP contribution in [0.5, 0.6) is 0 Å². The first kappa shape index (κ1) is 22.9. The van der Waals surface area contributed by atoms with E-state index in [0.29, 0.717) is 0 Å². The molecule has 0 amide bonds. The molecule has 8 rings (SSSR count). The molecule has 0 atom stereocenters. The van der Waals surface area contributed by atoms with Gasteiger partial charge in [0.25, 0.3) is 0 Å². The average Bonchev–Trinajstić information content (AvgIpc) is 3.00. The van der Waals surface area contributed by atoms with Gasteiger partial charge in [0, 0.05) is 0 Å². The molecule has 0 aliphatic carbocycles. The van der Waals surface area contributed by atoms with Crippen molar-refractivity contribution in [2.45, 2.75) is 0 Å². The maximum absolute atomic E-state index is 13.8. The van der Waals surface area contributed by atoms with Gasteiger partial charge >= 0.3 is 0 Å². The van der Waals surface area contributed by atoms with E-state index in [2.05, 4.69) is 84.9 Å². The van der Waals surface area contributed by atoms with Crippen molar-refractivity contribution >= 4 is 53.9 Å². The number of halogens is 2. The fraction of sp³-hybridized carbons (Fsp3) is 0. The van der Waals surface area contributed by atoms with Gasteiger partial charge < -0.3 is 0 Å². The Morgan fingerprint density at radius 2 is 0.700 bits per heavy atom. The van der Waals surface area contributed by atoms with E-state index in [4.69, 9.17) is 0 Å². The van der Waals surface area contributed by atoms with Crippen LogP contribution in [0.15, 0.2) is 133 Å². The van der Waals surface area contributed by atoms with E-state index in [1.54, 1.807) is 0 Å². The van der Waals surface area contributed by atoms with E-state index in [-0.39, 0.29) is 11.6 Å². The van der Waals surface area contributed by atoms with E-state index in [1.165, 1.54) is 56.6 Å². The normalized spacial score (nSPS) is 11.8. The van der Waals surface area contributed by atoms with E-state index in [1.807, 2.05) is 24.3 Å². The van der Waals surface area contributed by atoms with Crippen LogP contribution in [0.3, 0.4) is 0 Å². The van der Waals surface area contributed by atoms with Crippen LogP contribution in [-0.2, 0) is 0 Å². The highest BCUT2D eigenvalue weighted by Crippen LogP contribution is 2.44. The molecule has 8 aromatic carbocycles. The van der Waals surface area contributed by atoms with Crippen molar-refractivity contribution < 1.29 is 8.78 Å². The van der Waals surface area contributed by atoms with Gasteiger partial charge in [-0.25, -0.2) is 8.78 Å². The lowest BCUT2D eigenvalue weighted by Gasteiger charge is -2.17. The quantitative estimate of drug-likeness (QED) is 0.200. The zero-order valence-corrected chi connectivity index (χ0v) is 21.5. The van der Waals surface area contributed by atoms with Crippen LogP contribution < -0.4 is 0 Å². The van der Waals surface area contributed by atoms with Crippen molar-refractivity contribution in [3.63, 3.8) is 0 Å². The Balaban J connectivity index is 1.55. The lowest BCUT2D eigenvalue weighted by atomic mass is 9.86. The predicted molar refractivity (Wildman–Crippen MR) is 165 cm³/mol. The maximum Gasteiger partial charge on any atom is 0.123 e. The summed E-state index contributed by atoms with van der Waals surface area (Å²) in [6.07, 6.45) is 0. The van der Waals surface area contributed by atoms with Crippen LogP contribution >= 0.6 is 0 Å². The summed E-state index contributed by atoms with van der Waals surface area (Å²) >= 11 is 0. The molecule has 0 heterocycles. The molecule has 188 valence electrons. The van der Waals surface area contributed by atoms with Gasteiger partial charge in [0.1, 0.15) is 11.6 Å². The first-order valence-corrected chi connectivity index (χ1v) is 13.4. The maximum atomic E-state index is 13.8. The lowest BCUT2D eigenvalue weighted by Crippen LogP contribution is -1.90. The van der Waals surface area contributed by atoms with Gasteiger partial charge in [-0.3, -0.25) is 0 Å². The molecule has 0 aromatic heterocycles. The van der Waals surface area contributed by atoms with Gasteiger partial charge in [-0.15, -0.1) is 0 Å². The van der Waals surface area contributed by atoms with E-state index >= 15 is 0 Å². The predicted octanol–water partition coefficient (Wildman–Crippen LogP) is 11.1. The number of hydrogen-bond acceptors (Lipinski definition) is 0. The molecule has 0 radical (unpaired) electrons. The molecule has 0 fully saturated rings. The van der Waals surface area contributed by atoms with Crippen molar-refractivity contribution in [1.29, 1.82) is 0 Å². The zero-order chi connectivity index (χ0) is 26.8. The zero-order valence-electron chi connectivity index (χ0n) is 21.5. The van der Waals surface area contributed by atoms with Crippen molar-refractivity contribution in [3.05, 3.63) is 145 Å². The van der Waals surface area contributed by atoms with Crippen molar-refractivity contribution in [1.82, 2.24) is 0 Å². The first-order valence-electron chi connectivity index (χ1n) is 13.4. The smallest absolute Gasteiger partial charge is 0.123 e. The van der Waals surface area contributed by atoms with Crippen LogP contribution in [-0.4, -0.2) is 0 Å². The molecule has 8 aromatic rings. The Morgan fingerprint density at radius 1 is 0.325 bits per heavy atom. The third-order valence-electron chi connectivity index (χ3n) is 8.13. The molecular formula is C38H22F2. The minimum Gasteiger partial charge on any atom is -0.207 e. The highest BCUT2D eigenvalue weighted by molar-refractivity contribution is 6.34. The number of benzene rings is 8. The minimum absolute atomic E-state index is 0.238. The molecule has 0 bridgehead atoms. The minimum atomic E-state index is -0.238. The molecule has 2 heteroatoms. The van der Waals surface area contributed by atoms with Crippen LogP contribution in [0.1, 0.15) is 0 Å². The molecule has 0 unspecified atom stereocenters. The molecule has 0 aliphatic heterocycles. The highest BCUT2D eigenvalue weighted by atomic mass is 19.1. The van der Waals surface area contributed by atoms with E-state index in [9.17, 15) is 8.78 Å². The van der Waals surface area contributed by atoms with Gasteiger partial charge in [0.05, 0.1) is 0 Å². The molecule has 0 spiro atoms. The highest BCUT2D eigenvalue weighted by Gasteiger charge is 2.16. The third kappa shape index (κ3) is 3.43. The van der Waals surface area contributed by atoms with Crippen molar-refractivity contribution in [2.24, 2.45) is 0 Å². The summed E-state index contributed by atoms with van der Waals surface area (Å²) in [4.78, 5) is 0. The molecule has 0 nitrogen and oxygen atoms in total. The molecule has 0 N–H and O–H groups in total. The van der Waals surface area contributed by atoms with E-state index in [0.717, 1.165) is 43.8 Å². The molecule has 0 saturated carbocycles. The summed E-state index contributed by atoms with van der Waals surface area (Å²) in [5.74, 6) is -0.476. The van der Waals surface area contributed by atoms with Crippen LogP contribution in [0, 0.1) is 11.6 Å². The average molecular weight is 517 g/mol. The standard InChI is InChI=1S/C38H22F2/c39-28-17-13-23(14-18-28)34-21-26-11-9-25-10-12-27-22-35(24-15-19-29(40)20-16-24)31-6-2-4-8-33(31)37(27)38(25)36(26)32-7-3-1-5-30(32)34/h1-22H. The second-order valence-electron chi connectivity index (χ2n) is 10.4. The Hall–Kier alpha value is -5.08. The Bertz CT molecular complexity index is 2100. The topological polar surface area (TPSA) is 0 Å². The number of fused-ring (bicyclic) bond motifs is 9. The molecule has 0 aliphatic rings. The summed E-state index contributed by atoms with van der Waals surface area (Å²) in [5.41, 5.74) is 4.16. The molecular weight excluding hydrogens is 494 g/mol. The van der Waals surface area contributed by atoms with Gasteiger partial charge in [-0.1, -0.05) is 97.1 Å². The number of hydrogen-bond donors (Lipinski definition) is 0. The van der Waals surface area contributed by atoms with Crippen LogP contribution in [0.25, 0.3) is 76.1 Å². The summed E-state index contributed by atoms with van der Waals surface area (Å²) in [6.45, 7) is 0. The number of rotatable bonds is 2. The Labute approximate surface area is 229 Å². The van der Waals surface area contributed by atoms with Crippen molar-refractivity contribution in [2.75, 3.05) is 0 Å². The van der Waals surface area contributed by atoms with Gasteiger partial charge in [0.15, 0.2) is 0 Å². The van der Waals surface area contributed by atoms with Gasteiger partial charge in [-0.2, -0.15) is 0 Å². The fourth-order valence-corrected chi connectivity index (χ4v) is 6.35. The van der Waals surface area contributed by atoms with E-state index < -0.39 is 0 Å². The third-order valence-corrected chi connectivity index (χ3v) is 8.13. The Kier molecular flexibility index (Phi) is 4.99. The second-order valence-corrected chi connectivity index (χ2v) is 10.4.